The van der Waals surface area contributed by atoms with Crippen molar-refractivity contribution in [1.29, 1.82) is 0 Å². The highest BCUT2D eigenvalue weighted by Gasteiger charge is 2.51. The molecule has 39 heavy (non-hydrogen) atoms. The van der Waals surface area contributed by atoms with E-state index in [4.69, 9.17) is 0 Å². The van der Waals surface area contributed by atoms with Gasteiger partial charge in [0.2, 0.25) is 0 Å². The summed E-state index contributed by atoms with van der Waals surface area (Å²) in [5.41, 5.74) is 3.63. The fourth-order valence-electron chi connectivity index (χ4n) is 8.40. The van der Waals surface area contributed by atoms with Crippen molar-refractivity contribution in [2.45, 2.75) is 83.2 Å². The number of rotatable bonds is 7. The molecule has 4 aliphatic carbocycles. The second-order valence-corrected chi connectivity index (χ2v) is 13.3. The Labute approximate surface area is 233 Å². The molecule has 2 aromatic carbocycles. The summed E-state index contributed by atoms with van der Waals surface area (Å²) in [4.78, 5) is 28.8. The summed E-state index contributed by atoms with van der Waals surface area (Å²) in [7, 11) is 0. The molecule has 6 nitrogen and oxygen atoms in total. The number of nitrogens with one attached hydrogen (secondary N) is 3. The van der Waals surface area contributed by atoms with Gasteiger partial charge in [0.15, 0.2) is 0 Å². The molecular formula is C33H44N4O2. The SMILES string of the molecule is CC(C)NC(=O)c1cc(NC(=O)NC23CC4CC(CC(C4)C2)C3)ccc1N1CCC(Cc2ccccc2)CC1. The minimum absolute atomic E-state index is 0.0398. The molecular weight excluding hydrogens is 484 g/mol. The molecule has 2 aromatic rings. The highest BCUT2D eigenvalue weighted by molar-refractivity contribution is 6.02. The summed E-state index contributed by atoms with van der Waals surface area (Å²) in [6, 6.07) is 16.5. The van der Waals surface area contributed by atoms with Crippen LogP contribution in [-0.2, 0) is 6.42 Å². The van der Waals surface area contributed by atoms with Crippen molar-refractivity contribution >= 4 is 23.3 Å². The van der Waals surface area contributed by atoms with Crippen LogP contribution in [0, 0.1) is 23.7 Å². The Bertz CT molecular complexity index is 1150. The number of hydrogen-bond acceptors (Lipinski definition) is 3. The van der Waals surface area contributed by atoms with Gasteiger partial charge in [-0.2, -0.15) is 0 Å². The van der Waals surface area contributed by atoms with Gasteiger partial charge in [-0.25, -0.2) is 4.79 Å². The van der Waals surface area contributed by atoms with Gasteiger partial charge >= 0.3 is 6.03 Å². The molecule has 5 aliphatic rings. The lowest BCUT2D eigenvalue weighted by molar-refractivity contribution is -0.0127. The van der Waals surface area contributed by atoms with Crippen LogP contribution < -0.4 is 20.9 Å². The zero-order valence-corrected chi connectivity index (χ0v) is 23.5. The minimum atomic E-state index is -0.137. The van der Waals surface area contributed by atoms with E-state index >= 15 is 0 Å². The molecule has 208 valence electrons. The molecule has 1 aliphatic heterocycles. The largest absolute Gasteiger partial charge is 0.371 e. The van der Waals surface area contributed by atoms with Crippen molar-refractivity contribution in [3.8, 4) is 0 Å². The number of amides is 3. The molecule has 7 rings (SSSR count). The Morgan fingerprint density at radius 3 is 2.18 bits per heavy atom. The first-order valence-electron chi connectivity index (χ1n) is 15.2. The van der Waals surface area contributed by atoms with Crippen LogP contribution in [0.25, 0.3) is 0 Å². The lowest BCUT2D eigenvalue weighted by Crippen LogP contribution is -2.60. The summed E-state index contributed by atoms with van der Waals surface area (Å²) in [5, 5.41) is 9.55. The van der Waals surface area contributed by atoms with Gasteiger partial charge in [0.05, 0.1) is 5.56 Å². The molecule has 3 amide bonds. The van der Waals surface area contributed by atoms with Crippen LogP contribution in [0.5, 0.6) is 0 Å². The van der Waals surface area contributed by atoms with E-state index in [-0.39, 0.29) is 23.5 Å². The third kappa shape index (κ3) is 5.95. The van der Waals surface area contributed by atoms with Gasteiger partial charge in [-0.1, -0.05) is 30.3 Å². The normalized spacial score (nSPS) is 28.0. The Morgan fingerprint density at radius 2 is 1.56 bits per heavy atom. The number of carbonyl (C=O) groups is 2. The summed E-state index contributed by atoms with van der Waals surface area (Å²) in [5.74, 6) is 2.90. The van der Waals surface area contributed by atoms with E-state index in [1.165, 1.54) is 24.8 Å². The van der Waals surface area contributed by atoms with E-state index in [1.807, 2.05) is 32.0 Å². The first kappa shape index (κ1) is 26.2. The Hall–Kier alpha value is -3.02. The lowest BCUT2D eigenvalue weighted by Gasteiger charge is -2.56. The van der Waals surface area contributed by atoms with Gasteiger partial charge in [-0.05, 0) is 119 Å². The molecule has 0 spiro atoms. The van der Waals surface area contributed by atoms with Gasteiger partial charge in [-0.3, -0.25) is 4.79 Å². The van der Waals surface area contributed by atoms with Crippen molar-refractivity contribution in [2.24, 2.45) is 23.7 Å². The van der Waals surface area contributed by atoms with E-state index in [0.717, 1.165) is 75.1 Å². The molecule has 0 aromatic heterocycles. The highest BCUT2D eigenvalue weighted by atomic mass is 16.2. The molecule has 1 heterocycles. The first-order valence-corrected chi connectivity index (χ1v) is 15.2. The first-order chi connectivity index (χ1) is 18.8. The number of piperidine rings is 1. The fraction of sp³-hybridized carbons (Fsp3) is 0.576. The number of nitrogens with zero attached hydrogens (tertiary/aromatic N) is 1. The monoisotopic (exact) mass is 528 g/mol. The molecule has 0 atom stereocenters. The second-order valence-electron chi connectivity index (χ2n) is 13.3. The van der Waals surface area contributed by atoms with E-state index < -0.39 is 0 Å². The summed E-state index contributed by atoms with van der Waals surface area (Å²) in [6.45, 7) is 5.82. The van der Waals surface area contributed by atoms with Crippen LogP contribution in [0.15, 0.2) is 48.5 Å². The average Bonchev–Trinajstić information content (AvgIpc) is 2.88. The van der Waals surface area contributed by atoms with Crippen LogP contribution in [-0.4, -0.2) is 36.6 Å². The molecule has 3 N–H and O–H groups in total. The van der Waals surface area contributed by atoms with Crippen molar-refractivity contribution in [2.75, 3.05) is 23.3 Å². The topological polar surface area (TPSA) is 73.5 Å². The predicted molar refractivity (Wildman–Crippen MR) is 157 cm³/mol. The van der Waals surface area contributed by atoms with E-state index in [0.29, 0.717) is 17.2 Å². The molecule has 0 radical (unpaired) electrons. The van der Waals surface area contributed by atoms with Crippen LogP contribution >= 0.6 is 0 Å². The number of anilines is 2. The standard InChI is InChI=1S/C33H44N4O2/c1-22(2)34-31(38)29-18-28(35-32(39)36-33-19-25-15-26(20-33)17-27(16-25)21-33)8-9-30(29)37-12-10-24(11-13-37)14-23-6-4-3-5-7-23/h3-9,18,22,24-27H,10-17,19-21H2,1-2H3,(H,34,38)(H2,35,36,39). The number of carbonyl (C=O) groups excluding carboxylic acids is 2. The van der Waals surface area contributed by atoms with Gasteiger partial charge in [0.1, 0.15) is 0 Å². The Morgan fingerprint density at radius 1 is 0.923 bits per heavy atom. The van der Waals surface area contributed by atoms with E-state index in [1.54, 1.807) is 0 Å². The lowest BCUT2D eigenvalue weighted by atomic mass is 9.53. The van der Waals surface area contributed by atoms with Gasteiger partial charge in [0.25, 0.3) is 5.91 Å². The smallest absolute Gasteiger partial charge is 0.319 e. The Kier molecular flexibility index (Phi) is 7.30. The summed E-state index contributed by atoms with van der Waals surface area (Å²) >= 11 is 0. The molecule has 6 heteroatoms. The minimum Gasteiger partial charge on any atom is -0.371 e. The van der Waals surface area contributed by atoms with Crippen LogP contribution in [0.4, 0.5) is 16.2 Å². The number of benzene rings is 2. The zero-order chi connectivity index (χ0) is 27.0. The number of hydrogen-bond donors (Lipinski definition) is 3. The van der Waals surface area contributed by atoms with Crippen molar-refractivity contribution in [3.05, 3.63) is 59.7 Å². The number of urea groups is 1. The Balaban J connectivity index is 1.13. The second kappa shape index (κ2) is 10.9. The third-order valence-electron chi connectivity index (χ3n) is 9.66. The maximum absolute atomic E-state index is 13.3. The summed E-state index contributed by atoms with van der Waals surface area (Å²) < 4.78 is 0. The van der Waals surface area contributed by atoms with Crippen molar-refractivity contribution < 1.29 is 9.59 Å². The van der Waals surface area contributed by atoms with E-state index in [2.05, 4.69) is 51.2 Å². The van der Waals surface area contributed by atoms with Crippen LogP contribution in [0.2, 0.25) is 0 Å². The maximum Gasteiger partial charge on any atom is 0.319 e. The highest BCUT2D eigenvalue weighted by Crippen LogP contribution is 2.55. The average molecular weight is 529 g/mol. The molecule has 0 unspecified atom stereocenters. The third-order valence-corrected chi connectivity index (χ3v) is 9.66. The van der Waals surface area contributed by atoms with Gasteiger partial charge < -0.3 is 20.9 Å². The molecule has 5 fully saturated rings. The summed E-state index contributed by atoms with van der Waals surface area (Å²) in [6.07, 6.45) is 10.7. The molecule has 4 bridgehead atoms. The predicted octanol–water partition coefficient (Wildman–Crippen LogP) is 6.37. The molecule has 4 saturated carbocycles. The fourth-order valence-corrected chi connectivity index (χ4v) is 8.40. The van der Waals surface area contributed by atoms with Gasteiger partial charge in [0, 0.05) is 36.0 Å². The van der Waals surface area contributed by atoms with Crippen molar-refractivity contribution in [3.63, 3.8) is 0 Å². The zero-order valence-electron chi connectivity index (χ0n) is 23.5. The van der Waals surface area contributed by atoms with Crippen LogP contribution in [0.3, 0.4) is 0 Å². The maximum atomic E-state index is 13.3. The van der Waals surface area contributed by atoms with Gasteiger partial charge in [-0.15, -0.1) is 0 Å². The molecule has 1 saturated heterocycles. The quantitative estimate of drug-likeness (QED) is 0.391. The van der Waals surface area contributed by atoms with Crippen molar-refractivity contribution in [1.82, 2.24) is 10.6 Å². The van der Waals surface area contributed by atoms with E-state index in [9.17, 15) is 9.59 Å². The van der Waals surface area contributed by atoms with Crippen LogP contribution in [0.1, 0.15) is 81.1 Å².